The van der Waals surface area contributed by atoms with E-state index in [9.17, 15) is 19.8 Å². The van der Waals surface area contributed by atoms with Crippen LogP contribution in [-0.2, 0) is 14.3 Å². The van der Waals surface area contributed by atoms with Gasteiger partial charge in [0.2, 0.25) is 5.91 Å². The highest BCUT2D eigenvalue weighted by molar-refractivity contribution is 5.76. The Morgan fingerprint density at radius 1 is 0.414 bits per heavy atom. The van der Waals surface area contributed by atoms with Crippen molar-refractivity contribution < 1.29 is 24.5 Å². The van der Waals surface area contributed by atoms with Gasteiger partial charge in [-0.1, -0.05) is 274 Å². The summed E-state index contributed by atoms with van der Waals surface area (Å²) in [5, 5.41) is 23.4. The van der Waals surface area contributed by atoms with E-state index >= 15 is 0 Å². The number of rotatable bonds is 57. The smallest absolute Gasteiger partial charge is 0.305 e. The van der Waals surface area contributed by atoms with Gasteiger partial charge in [0.15, 0.2) is 0 Å². The van der Waals surface area contributed by atoms with Crippen molar-refractivity contribution in [1.82, 2.24) is 5.32 Å². The van der Waals surface area contributed by atoms with Gasteiger partial charge in [0.25, 0.3) is 0 Å². The van der Waals surface area contributed by atoms with Crippen LogP contribution in [0.4, 0.5) is 0 Å². The molecule has 0 aromatic rings. The summed E-state index contributed by atoms with van der Waals surface area (Å²) in [5.41, 5.74) is 0. The van der Waals surface area contributed by atoms with E-state index in [1.165, 1.54) is 199 Å². The molecule has 6 heteroatoms. The van der Waals surface area contributed by atoms with Crippen LogP contribution in [0, 0.1) is 0 Å². The van der Waals surface area contributed by atoms with Gasteiger partial charge >= 0.3 is 5.97 Å². The highest BCUT2D eigenvalue weighted by atomic mass is 16.5. The largest absolute Gasteiger partial charge is 0.466 e. The number of carbonyl (C=O) groups excluding carboxylic acids is 2. The first kappa shape index (κ1) is 67.8. The fourth-order valence-corrected chi connectivity index (χ4v) is 9.35. The molecule has 0 rings (SSSR count). The number of ether oxygens (including phenoxy) is 1. The molecule has 3 N–H and O–H groups in total. The predicted molar refractivity (Wildman–Crippen MR) is 306 cm³/mol. The van der Waals surface area contributed by atoms with Crippen LogP contribution in [0.2, 0.25) is 0 Å². The average Bonchev–Trinajstić information content (AvgIpc) is 3.36. The number of hydrogen-bond donors (Lipinski definition) is 3. The van der Waals surface area contributed by atoms with Crippen LogP contribution in [0.25, 0.3) is 0 Å². The molecule has 2 unspecified atom stereocenters. The van der Waals surface area contributed by atoms with Crippen LogP contribution < -0.4 is 5.32 Å². The van der Waals surface area contributed by atoms with Gasteiger partial charge in [0.05, 0.1) is 25.4 Å². The minimum absolute atomic E-state index is 0.0361. The first-order valence-electron chi connectivity index (χ1n) is 30.9. The lowest BCUT2D eigenvalue weighted by molar-refractivity contribution is -0.143. The molecule has 1 amide bonds. The second kappa shape index (κ2) is 59.4. The van der Waals surface area contributed by atoms with Crippen LogP contribution >= 0.6 is 0 Å². The fourth-order valence-electron chi connectivity index (χ4n) is 9.35. The summed E-state index contributed by atoms with van der Waals surface area (Å²) >= 11 is 0. The second-order valence-corrected chi connectivity index (χ2v) is 21.1. The summed E-state index contributed by atoms with van der Waals surface area (Å²) in [4.78, 5) is 24.5. The standard InChI is InChI=1S/C64H119NO5/c1-3-5-7-9-11-13-15-17-19-20-21-22-23-24-25-26-27-29-32-36-40-44-48-52-56-62(67)61(60-66)65-63(68)57-53-49-45-41-37-33-30-28-31-35-39-43-47-51-55-59-70-64(69)58-54-50-46-42-38-34-18-16-14-12-10-8-6-4-2/h10,12,16,18,28,31,35,39,61-62,66-67H,3-9,11,13-15,17,19-27,29-30,32-34,36-38,40-60H2,1-2H3,(H,65,68)/b12-10-,18-16-,31-28-,39-35-. The van der Waals surface area contributed by atoms with Crippen molar-refractivity contribution in [1.29, 1.82) is 0 Å². The average molecular weight is 983 g/mol. The van der Waals surface area contributed by atoms with Crippen molar-refractivity contribution in [3.05, 3.63) is 48.6 Å². The van der Waals surface area contributed by atoms with E-state index < -0.39 is 12.1 Å². The molecule has 0 saturated heterocycles. The van der Waals surface area contributed by atoms with Crippen molar-refractivity contribution in [3.63, 3.8) is 0 Å². The lowest BCUT2D eigenvalue weighted by atomic mass is 10.0. The van der Waals surface area contributed by atoms with Crippen LogP contribution in [0.1, 0.15) is 322 Å². The van der Waals surface area contributed by atoms with Gasteiger partial charge in [-0.05, 0) is 83.5 Å². The Kier molecular flexibility index (Phi) is 57.5. The van der Waals surface area contributed by atoms with E-state index in [1.54, 1.807) is 0 Å². The molecule has 0 heterocycles. The molecule has 410 valence electrons. The summed E-state index contributed by atoms with van der Waals surface area (Å²) in [7, 11) is 0. The van der Waals surface area contributed by atoms with Gasteiger partial charge in [0.1, 0.15) is 0 Å². The topological polar surface area (TPSA) is 95.9 Å². The van der Waals surface area contributed by atoms with Gasteiger partial charge in [-0.25, -0.2) is 0 Å². The van der Waals surface area contributed by atoms with Gasteiger partial charge in [0, 0.05) is 12.8 Å². The highest BCUT2D eigenvalue weighted by Gasteiger charge is 2.20. The number of esters is 1. The number of unbranched alkanes of at least 4 members (excludes halogenated alkanes) is 39. The molecular formula is C64H119NO5. The van der Waals surface area contributed by atoms with Crippen LogP contribution in [0.5, 0.6) is 0 Å². The number of amides is 1. The summed E-state index contributed by atoms with van der Waals surface area (Å²) in [6.07, 6.45) is 75.4. The molecule has 0 bridgehead atoms. The summed E-state index contributed by atoms with van der Waals surface area (Å²) in [6, 6.07) is -0.561. The number of hydrogen-bond acceptors (Lipinski definition) is 5. The van der Waals surface area contributed by atoms with E-state index in [-0.39, 0.29) is 18.5 Å². The van der Waals surface area contributed by atoms with Crippen LogP contribution in [-0.4, -0.2) is 47.4 Å². The Labute approximate surface area is 436 Å². The van der Waals surface area contributed by atoms with Crippen molar-refractivity contribution in [3.8, 4) is 0 Å². The Balaban J connectivity index is 3.51. The molecule has 0 aliphatic heterocycles. The van der Waals surface area contributed by atoms with Crippen molar-refractivity contribution >= 4 is 11.9 Å². The van der Waals surface area contributed by atoms with Crippen molar-refractivity contribution in [2.45, 2.75) is 334 Å². The molecule has 0 spiro atoms. The molecular weight excluding hydrogens is 863 g/mol. The Morgan fingerprint density at radius 2 is 0.771 bits per heavy atom. The quantitative estimate of drug-likeness (QED) is 0.0244. The van der Waals surface area contributed by atoms with E-state index in [4.69, 9.17) is 4.74 Å². The number of aliphatic hydroxyl groups excluding tert-OH is 2. The molecule has 70 heavy (non-hydrogen) atoms. The van der Waals surface area contributed by atoms with Crippen LogP contribution in [0.15, 0.2) is 48.6 Å². The zero-order chi connectivity index (χ0) is 50.7. The zero-order valence-electron chi connectivity index (χ0n) is 46.7. The predicted octanol–water partition coefficient (Wildman–Crippen LogP) is 19.4. The number of aliphatic hydroxyl groups is 2. The van der Waals surface area contributed by atoms with Crippen molar-refractivity contribution in [2.24, 2.45) is 0 Å². The molecule has 0 aliphatic rings. The second-order valence-electron chi connectivity index (χ2n) is 21.1. The first-order valence-corrected chi connectivity index (χ1v) is 30.9. The maximum atomic E-state index is 12.5. The lowest BCUT2D eigenvalue weighted by Gasteiger charge is -2.22. The van der Waals surface area contributed by atoms with Crippen LogP contribution in [0.3, 0.4) is 0 Å². The zero-order valence-corrected chi connectivity index (χ0v) is 46.7. The number of allylic oxidation sites excluding steroid dienone is 8. The summed E-state index contributed by atoms with van der Waals surface area (Å²) < 4.78 is 5.44. The molecule has 0 aliphatic carbocycles. The normalized spacial score (nSPS) is 12.9. The molecule has 2 atom stereocenters. The molecule has 0 aromatic heterocycles. The molecule has 0 saturated carbocycles. The minimum atomic E-state index is -0.682. The third kappa shape index (κ3) is 55.1. The molecule has 6 nitrogen and oxygen atoms in total. The van der Waals surface area contributed by atoms with Gasteiger partial charge in [-0.2, -0.15) is 0 Å². The number of nitrogens with one attached hydrogen (secondary N) is 1. The van der Waals surface area contributed by atoms with Gasteiger partial charge in [-0.3, -0.25) is 9.59 Å². The Bertz CT molecular complexity index is 1180. The maximum Gasteiger partial charge on any atom is 0.305 e. The minimum Gasteiger partial charge on any atom is -0.466 e. The SMILES string of the molecule is CCCC/C=C\C/C=C\CCCCCCCC(=O)OCCCCC/C=C\C=C/CCCCCCCCC(=O)NC(CO)C(O)CCCCCCCCCCCCCCCCCCCCCCCCCC. The van der Waals surface area contributed by atoms with Gasteiger partial charge in [-0.15, -0.1) is 0 Å². The first-order chi connectivity index (χ1) is 34.5. The highest BCUT2D eigenvalue weighted by Crippen LogP contribution is 2.17. The van der Waals surface area contributed by atoms with E-state index in [1.807, 2.05) is 0 Å². The third-order valence-electron chi connectivity index (χ3n) is 14.1. The van der Waals surface area contributed by atoms with Gasteiger partial charge < -0.3 is 20.3 Å². The molecule has 0 radical (unpaired) electrons. The summed E-state index contributed by atoms with van der Waals surface area (Å²) in [5.74, 6) is -0.0919. The molecule has 0 aromatic carbocycles. The Hall–Kier alpha value is -2.18. The maximum absolute atomic E-state index is 12.5. The van der Waals surface area contributed by atoms with E-state index in [2.05, 4.69) is 67.8 Å². The lowest BCUT2D eigenvalue weighted by Crippen LogP contribution is -2.45. The fraction of sp³-hybridized carbons (Fsp3) is 0.844. The monoisotopic (exact) mass is 982 g/mol. The van der Waals surface area contributed by atoms with E-state index in [0.717, 1.165) is 89.9 Å². The van der Waals surface area contributed by atoms with E-state index in [0.29, 0.717) is 25.9 Å². The summed E-state index contributed by atoms with van der Waals surface area (Å²) in [6.45, 7) is 4.86. The Morgan fingerprint density at radius 3 is 1.21 bits per heavy atom. The number of carbonyl (C=O) groups is 2. The molecule has 0 fully saturated rings. The third-order valence-corrected chi connectivity index (χ3v) is 14.1. The van der Waals surface area contributed by atoms with Crippen molar-refractivity contribution in [2.75, 3.05) is 13.2 Å².